The molecular formula is C23H30F2N6O. The van der Waals surface area contributed by atoms with E-state index in [1.165, 1.54) is 12.0 Å². The molecule has 1 fully saturated rings. The van der Waals surface area contributed by atoms with E-state index in [0.29, 0.717) is 5.95 Å². The number of hydrogen-bond donors (Lipinski definition) is 3. The highest BCUT2D eigenvalue weighted by Crippen LogP contribution is 2.29. The van der Waals surface area contributed by atoms with Gasteiger partial charge in [0.25, 0.3) is 0 Å². The number of aromatic nitrogens is 2. The van der Waals surface area contributed by atoms with Crippen molar-refractivity contribution in [3.63, 3.8) is 0 Å². The Balaban J connectivity index is 1.31. The summed E-state index contributed by atoms with van der Waals surface area (Å²) in [6.45, 7) is 0. The van der Waals surface area contributed by atoms with Gasteiger partial charge in [0.05, 0.1) is 11.4 Å². The van der Waals surface area contributed by atoms with Crippen LogP contribution in [-0.2, 0) is 12.8 Å². The second-order valence-corrected chi connectivity index (χ2v) is 8.81. The molecule has 32 heavy (non-hydrogen) atoms. The summed E-state index contributed by atoms with van der Waals surface area (Å²) >= 11 is 0. The van der Waals surface area contributed by atoms with Crippen molar-refractivity contribution in [2.45, 2.75) is 63.5 Å². The predicted molar refractivity (Wildman–Crippen MR) is 121 cm³/mol. The van der Waals surface area contributed by atoms with Crippen LogP contribution in [0.15, 0.2) is 18.2 Å². The zero-order valence-electron chi connectivity index (χ0n) is 18.5. The van der Waals surface area contributed by atoms with E-state index in [4.69, 9.17) is 9.97 Å². The van der Waals surface area contributed by atoms with Gasteiger partial charge in [0.15, 0.2) is 0 Å². The monoisotopic (exact) mass is 444 g/mol. The first-order valence-electron chi connectivity index (χ1n) is 11.3. The maximum atomic E-state index is 13.7. The summed E-state index contributed by atoms with van der Waals surface area (Å²) in [6, 6.07) is 2.66. The lowest BCUT2D eigenvalue weighted by molar-refractivity contribution is 0.243. The molecule has 172 valence electrons. The Morgan fingerprint density at radius 3 is 2.50 bits per heavy atom. The molecule has 7 nitrogen and oxygen atoms in total. The number of urea groups is 1. The number of aryl methyl sites for hydroxylation is 1. The molecule has 0 saturated heterocycles. The van der Waals surface area contributed by atoms with E-state index < -0.39 is 17.7 Å². The average Bonchev–Trinajstić information content (AvgIpc) is 2.77. The summed E-state index contributed by atoms with van der Waals surface area (Å²) in [5.41, 5.74) is 2.24. The predicted octanol–water partition coefficient (Wildman–Crippen LogP) is 4.24. The van der Waals surface area contributed by atoms with E-state index in [1.807, 2.05) is 14.1 Å². The number of nitrogens with zero attached hydrogens (tertiary/aromatic N) is 3. The zero-order valence-corrected chi connectivity index (χ0v) is 18.5. The van der Waals surface area contributed by atoms with Crippen LogP contribution >= 0.6 is 0 Å². The molecule has 0 atom stereocenters. The SMILES string of the molecule is CN(C)c1nc(N[C@H]2CC[C@@H](NC(=O)Nc3cc(F)ccc3F)CC2)nc2c1CCCC2. The number of carbonyl (C=O) groups excluding carboxylic acids is 1. The lowest BCUT2D eigenvalue weighted by atomic mass is 9.91. The van der Waals surface area contributed by atoms with Crippen LogP contribution in [-0.4, -0.2) is 42.2 Å². The van der Waals surface area contributed by atoms with Gasteiger partial charge in [-0.05, 0) is 63.5 Å². The van der Waals surface area contributed by atoms with E-state index in [-0.39, 0.29) is 17.8 Å². The third-order valence-electron chi connectivity index (χ3n) is 6.16. The Kier molecular flexibility index (Phi) is 6.72. The molecule has 0 radical (unpaired) electrons. The van der Waals surface area contributed by atoms with E-state index in [2.05, 4.69) is 20.9 Å². The van der Waals surface area contributed by atoms with Gasteiger partial charge in [0.1, 0.15) is 17.5 Å². The van der Waals surface area contributed by atoms with Gasteiger partial charge >= 0.3 is 6.03 Å². The highest BCUT2D eigenvalue weighted by Gasteiger charge is 2.25. The van der Waals surface area contributed by atoms with Crippen LogP contribution in [0.1, 0.15) is 49.8 Å². The quantitative estimate of drug-likeness (QED) is 0.643. The largest absolute Gasteiger partial charge is 0.362 e. The van der Waals surface area contributed by atoms with Gasteiger partial charge in [-0.15, -0.1) is 0 Å². The summed E-state index contributed by atoms with van der Waals surface area (Å²) in [4.78, 5) is 23.8. The van der Waals surface area contributed by atoms with Gasteiger partial charge < -0.3 is 20.9 Å². The number of carbonyl (C=O) groups is 1. The summed E-state index contributed by atoms with van der Waals surface area (Å²) < 4.78 is 27.0. The van der Waals surface area contributed by atoms with Crippen molar-refractivity contribution in [1.29, 1.82) is 0 Å². The number of amides is 2. The highest BCUT2D eigenvalue weighted by molar-refractivity contribution is 5.89. The van der Waals surface area contributed by atoms with Crippen molar-refractivity contribution in [2.24, 2.45) is 0 Å². The molecule has 0 bridgehead atoms. The van der Waals surface area contributed by atoms with Crippen molar-refractivity contribution in [3.05, 3.63) is 41.1 Å². The Morgan fingerprint density at radius 2 is 1.75 bits per heavy atom. The summed E-state index contributed by atoms with van der Waals surface area (Å²) in [7, 11) is 4.03. The number of benzene rings is 1. The van der Waals surface area contributed by atoms with Gasteiger partial charge in [-0.3, -0.25) is 0 Å². The van der Waals surface area contributed by atoms with Crippen LogP contribution in [0.25, 0.3) is 0 Å². The molecule has 9 heteroatoms. The van der Waals surface area contributed by atoms with E-state index in [1.54, 1.807) is 0 Å². The van der Waals surface area contributed by atoms with E-state index in [9.17, 15) is 13.6 Å². The smallest absolute Gasteiger partial charge is 0.319 e. The van der Waals surface area contributed by atoms with Crippen LogP contribution in [0.5, 0.6) is 0 Å². The molecule has 2 aliphatic rings. The first-order chi connectivity index (χ1) is 15.4. The molecule has 1 aromatic carbocycles. The second-order valence-electron chi connectivity index (χ2n) is 8.81. The molecule has 0 aliphatic heterocycles. The molecule has 4 rings (SSSR count). The summed E-state index contributed by atoms with van der Waals surface area (Å²) in [5, 5.41) is 8.73. The third kappa shape index (κ3) is 5.26. The Bertz CT molecular complexity index is 975. The van der Waals surface area contributed by atoms with Crippen molar-refractivity contribution in [3.8, 4) is 0 Å². The molecule has 0 unspecified atom stereocenters. The lowest BCUT2D eigenvalue weighted by Crippen LogP contribution is -2.42. The third-order valence-corrected chi connectivity index (χ3v) is 6.16. The maximum absolute atomic E-state index is 13.7. The average molecular weight is 445 g/mol. The summed E-state index contributed by atoms with van der Waals surface area (Å²) in [6.07, 6.45) is 7.64. The molecule has 1 heterocycles. The molecular weight excluding hydrogens is 414 g/mol. The van der Waals surface area contributed by atoms with Crippen LogP contribution in [0, 0.1) is 11.6 Å². The van der Waals surface area contributed by atoms with Gasteiger partial charge in [0.2, 0.25) is 5.95 Å². The molecule has 1 saturated carbocycles. The standard InChI is InChI=1S/C23H30F2N6O/c1-31(2)21-17-5-3-4-6-19(17)28-22(30-21)26-15-8-10-16(11-9-15)27-23(32)29-20-13-14(24)7-12-18(20)25/h7,12-13,15-16H,3-6,8-11H2,1-2H3,(H,26,28,30)(H2,27,29,32)/t15-,16+. The maximum Gasteiger partial charge on any atom is 0.319 e. The minimum absolute atomic E-state index is 0.0218. The van der Waals surface area contributed by atoms with Crippen molar-refractivity contribution in [1.82, 2.24) is 15.3 Å². The molecule has 2 aliphatic carbocycles. The van der Waals surface area contributed by atoms with Crippen molar-refractivity contribution in [2.75, 3.05) is 29.6 Å². The Morgan fingerprint density at radius 1 is 1.03 bits per heavy atom. The number of nitrogens with one attached hydrogen (secondary N) is 3. The van der Waals surface area contributed by atoms with E-state index >= 15 is 0 Å². The summed E-state index contributed by atoms with van der Waals surface area (Å²) in [5.74, 6) is 0.394. The normalized spacial score (nSPS) is 20.2. The van der Waals surface area contributed by atoms with Crippen LogP contribution in [0.3, 0.4) is 0 Å². The first-order valence-corrected chi connectivity index (χ1v) is 11.3. The molecule has 3 N–H and O–H groups in total. The first kappa shape index (κ1) is 22.2. The van der Waals surface area contributed by atoms with E-state index in [0.717, 1.165) is 74.7 Å². The molecule has 2 amide bonds. The van der Waals surface area contributed by atoms with Crippen molar-refractivity contribution < 1.29 is 13.6 Å². The number of halogens is 2. The van der Waals surface area contributed by atoms with Gasteiger partial charge in [-0.2, -0.15) is 4.98 Å². The van der Waals surface area contributed by atoms with Gasteiger partial charge in [-0.1, -0.05) is 0 Å². The number of hydrogen-bond acceptors (Lipinski definition) is 5. The van der Waals surface area contributed by atoms with Crippen LogP contribution in [0.2, 0.25) is 0 Å². The second kappa shape index (κ2) is 9.67. The van der Waals surface area contributed by atoms with Gasteiger partial charge in [0, 0.05) is 37.8 Å². The van der Waals surface area contributed by atoms with Crippen molar-refractivity contribution >= 4 is 23.5 Å². The van der Waals surface area contributed by atoms with Gasteiger partial charge in [-0.25, -0.2) is 18.6 Å². The zero-order chi connectivity index (χ0) is 22.7. The number of rotatable bonds is 5. The minimum Gasteiger partial charge on any atom is -0.362 e. The fourth-order valence-electron chi connectivity index (χ4n) is 4.51. The molecule has 2 aromatic rings. The minimum atomic E-state index is -0.670. The lowest BCUT2D eigenvalue weighted by Gasteiger charge is -2.30. The molecule has 1 aromatic heterocycles. The van der Waals surface area contributed by atoms with Crippen LogP contribution in [0.4, 0.5) is 31.0 Å². The highest BCUT2D eigenvalue weighted by atomic mass is 19.1. The Hall–Kier alpha value is -2.97. The van der Waals surface area contributed by atoms with Crippen LogP contribution < -0.4 is 20.9 Å². The number of fused-ring (bicyclic) bond motifs is 1. The fourth-order valence-corrected chi connectivity index (χ4v) is 4.51. The Labute approximate surface area is 187 Å². The molecule has 0 spiro atoms. The topological polar surface area (TPSA) is 82.2 Å². The fraction of sp³-hybridized carbons (Fsp3) is 0.522. The number of anilines is 3.